The van der Waals surface area contributed by atoms with Crippen LogP contribution >= 0.6 is 0 Å². The minimum Gasteiger partial charge on any atom is -0.494 e. The Morgan fingerprint density at radius 1 is 1.16 bits per heavy atom. The molecule has 11 heteroatoms. The third-order valence-corrected chi connectivity index (χ3v) is 9.21. The number of aryl methyl sites for hydroxylation is 2. The van der Waals surface area contributed by atoms with Crippen LogP contribution in [0.15, 0.2) is 30.3 Å². The van der Waals surface area contributed by atoms with Crippen molar-refractivity contribution >= 4 is 33.9 Å². The predicted molar refractivity (Wildman–Crippen MR) is 168 cm³/mol. The smallest absolute Gasteiger partial charge is 0.251 e. The molecular formula is C33H42FN7O3. The summed E-state index contributed by atoms with van der Waals surface area (Å²) in [5.41, 5.74) is 3.85. The third-order valence-electron chi connectivity index (χ3n) is 9.21. The number of piperidine rings is 1. The molecule has 2 amide bonds. The predicted octanol–water partition coefficient (Wildman–Crippen LogP) is 4.81. The zero-order valence-electron chi connectivity index (χ0n) is 26.2. The van der Waals surface area contributed by atoms with Gasteiger partial charge in [0, 0.05) is 36.5 Å². The Morgan fingerprint density at radius 2 is 1.98 bits per heavy atom. The minimum absolute atomic E-state index is 0.0452. The van der Waals surface area contributed by atoms with Gasteiger partial charge in [-0.3, -0.25) is 9.59 Å². The summed E-state index contributed by atoms with van der Waals surface area (Å²) in [6, 6.07) is 8.73. The number of benzene rings is 1. The summed E-state index contributed by atoms with van der Waals surface area (Å²) in [4.78, 5) is 36.3. The highest BCUT2D eigenvalue weighted by Crippen LogP contribution is 2.35. The number of halogens is 1. The van der Waals surface area contributed by atoms with Crippen LogP contribution in [-0.2, 0) is 18.4 Å². The summed E-state index contributed by atoms with van der Waals surface area (Å²) in [7, 11) is 3.51. The summed E-state index contributed by atoms with van der Waals surface area (Å²) in [6.45, 7) is 7.73. The van der Waals surface area contributed by atoms with Crippen LogP contribution < -0.4 is 20.7 Å². The molecule has 0 aliphatic carbocycles. The maximum atomic E-state index is 14.4. The Morgan fingerprint density at radius 3 is 2.75 bits per heavy atom. The molecule has 1 saturated heterocycles. The molecule has 0 radical (unpaired) electrons. The lowest BCUT2D eigenvalue weighted by Crippen LogP contribution is -2.52. The van der Waals surface area contributed by atoms with Crippen LogP contribution in [0, 0.1) is 5.41 Å². The molecule has 1 fully saturated rings. The van der Waals surface area contributed by atoms with Crippen LogP contribution in [0.1, 0.15) is 75.0 Å². The molecule has 6 rings (SSSR count). The number of fused-ring (bicyclic) bond motifs is 2. The minimum atomic E-state index is -1.09. The second kappa shape index (κ2) is 11.8. The number of carbonyl (C=O) groups is 2. The Kier molecular flexibility index (Phi) is 8.08. The molecule has 0 spiro atoms. The van der Waals surface area contributed by atoms with E-state index >= 15 is 0 Å². The summed E-state index contributed by atoms with van der Waals surface area (Å²) in [5, 5.41) is 10.1. The third kappa shape index (κ3) is 5.53. The standard InChI is InChI=1S/C33H42FN7O3/c1-19-23-10-9-20-16-26(41(29(20)37-23)14-8-6-7-12-33(2,3)32(43)36-19)30-38-24-15-21(17-27(44-5)28(24)40(30)4)31(42)39-25-18-35-13-11-22(25)34/h9-10,15-17,19,22,25,35H,6-8,11-14,18H2,1-5H3,(H,36,43)(H,39,42)/t19-,22+,25+/m1/s1. The first kappa shape index (κ1) is 30.1. The highest BCUT2D eigenvalue weighted by Gasteiger charge is 2.30. The second-order valence-corrected chi connectivity index (χ2v) is 12.8. The number of hydrogen-bond acceptors (Lipinski definition) is 6. The van der Waals surface area contributed by atoms with E-state index in [1.807, 2.05) is 38.5 Å². The van der Waals surface area contributed by atoms with Gasteiger partial charge in [0.05, 0.1) is 36.1 Å². The number of aromatic nitrogens is 4. The molecule has 10 nitrogen and oxygen atoms in total. The highest BCUT2D eigenvalue weighted by molar-refractivity contribution is 6.00. The Balaban J connectivity index is 1.41. The molecule has 234 valence electrons. The van der Waals surface area contributed by atoms with Gasteiger partial charge in [0.25, 0.3) is 5.91 Å². The van der Waals surface area contributed by atoms with Crippen molar-refractivity contribution in [2.24, 2.45) is 12.5 Å². The van der Waals surface area contributed by atoms with Crippen LogP contribution in [0.25, 0.3) is 33.6 Å². The second-order valence-electron chi connectivity index (χ2n) is 12.8. The molecular weight excluding hydrogens is 561 g/mol. The number of rotatable bonds is 4. The fourth-order valence-electron chi connectivity index (χ4n) is 6.43. The van der Waals surface area contributed by atoms with Crippen molar-refractivity contribution in [3.8, 4) is 17.3 Å². The van der Waals surface area contributed by atoms with Crippen molar-refractivity contribution in [1.82, 2.24) is 35.1 Å². The van der Waals surface area contributed by atoms with E-state index in [4.69, 9.17) is 14.7 Å². The van der Waals surface area contributed by atoms with E-state index < -0.39 is 17.6 Å². The van der Waals surface area contributed by atoms with Crippen LogP contribution in [0.4, 0.5) is 4.39 Å². The quantitative estimate of drug-likeness (QED) is 0.309. The lowest BCUT2D eigenvalue weighted by molar-refractivity contribution is -0.130. The van der Waals surface area contributed by atoms with Crippen LogP contribution in [0.2, 0.25) is 0 Å². The number of nitrogens with one attached hydrogen (secondary N) is 3. The monoisotopic (exact) mass is 603 g/mol. The van der Waals surface area contributed by atoms with Gasteiger partial charge in [0.1, 0.15) is 23.1 Å². The first-order valence-corrected chi connectivity index (χ1v) is 15.6. The number of imidazole rings is 1. The maximum absolute atomic E-state index is 14.4. The van der Waals surface area contributed by atoms with Gasteiger partial charge in [0.2, 0.25) is 5.91 Å². The van der Waals surface area contributed by atoms with Crippen LogP contribution in [0.3, 0.4) is 0 Å². The molecule has 4 aromatic rings. The molecule has 0 unspecified atom stereocenters. The van der Waals surface area contributed by atoms with Gasteiger partial charge in [-0.2, -0.15) is 0 Å². The molecule has 3 aromatic heterocycles. The first-order valence-electron chi connectivity index (χ1n) is 15.6. The molecule has 2 aliphatic rings. The lowest BCUT2D eigenvalue weighted by atomic mass is 9.85. The average molecular weight is 604 g/mol. The van der Waals surface area contributed by atoms with Crippen molar-refractivity contribution in [3.05, 3.63) is 41.6 Å². The van der Waals surface area contributed by atoms with Gasteiger partial charge in [0.15, 0.2) is 5.82 Å². The number of nitrogens with zero attached hydrogens (tertiary/aromatic N) is 4. The van der Waals surface area contributed by atoms with Crippen LogP contribution in [-0.4, -0.2) is 63.3 Å². The Hall–Kier alpha value is -3.99. The number of carbonyl (C=O) groups excluding carboxylic acids is 2. The molecule has 3 atom stereocenters. The molecule has 0 saturated carbocycles. The van der Waals surface area contributed by atoms with Crippen molar-refractivity contribution < 1.29 is 18.7 Å². The van der Waals surface area contributed by atoms with E-state index in [-0.39, 0.29) is 17.9 Å². The molecule has 1 aromatic carbocycles. The number of pyridine rings is 1. The number of amides is 2. The van der Waals surface area contributed by atoms with E-state index in [9.17, 15) is 14.0 Å². The highest BCUT2D eigenvalue weighted by atomic mass is 19.1. The average Bonchev–Trinajstić information content (AvgIpc) is 3.53. The van der Waals surface area contributed by atoms with Gasteiger partial charge in [-0.25, -0.2) is 14.4 Å². The van der Waals surface area contributed by atoms with E-state index in [0.717, 1.165) is 66.0 Å². The summed E-state index contributed by atoms with van der Waals surface area (Å²) < 4.78 is 24.4. The normalized spacial score (nSPS) is 22.7. The largest absolute Gasteiger partial charge is 0.494 e. The first-order chi connectivity index (χ1) is 21.1. The molecule has 5 heterocycles. The van der Waals surface area contributed by atoms with E-state index in [1.165, 1.54) is 0 Å². The van der Waals surface area contributed by atoms with Crippen LogP contribution in [0.5, 0.6) is 5.75 Å². The van der Waals surface area contributed by atoms with E-state index in [0.29, 0.717) is 36.3 Å². The van der Waals surface area contributed by atoms with Crippen molar-refractivity contribution in [2.45, 2.75) is 77.7 Å². The zero-order chi connectivity index (χ0) is 31.2. The zero-order valence-corrected chi connectivity index (χ0v) is 26.2. The van der Waals surface area contributed by atoms with E-state index in [1.54, 1.807) is 19.2 Å². The molecule has 3 N–H and O–H groups in total. The van der Waals surface area contributed by atoms with E-state index in [2.05, 4.69) is 32.7 Å². The molecule has 2 aliphatic heterocycles. The Bertz CT molecular complexity index is 1730. The van der Waals surface area contributed by atoms with Crippen molar-refractivity contribution in [3.63, 3.8) is 0 Å². The summed E-state index contributed by atoms with van der Waals surface area (Å²) in [6.07, 6.45) is 2.96. The van der Waals surface area contributed by atoms with Gasteiger partial charge in [-0.15, -0.1) is 0 Å². The fourth-order valence-corrected chi connectivity index (χ4v) is 6.43. The number of hydrogen-bond donors (Lipinski definition) is 3. The van der Waals surface area contributed by atoms with Gasteiger partial charge < -0.3 is 29.8 Å². The Labute approximate surface area is 256 Å². The fraction of sp³-hybridized carbons (Fsp3) is 0.515. The lowest BCUT2D eigenvalue weighted by Gasteiger charge is -2.27. The summed E-state index contributed by atoms with van der Waals surface area (Å²) >= 11 is 0. The topological polar surface area (TPSA) is 115 Å². The van der Waals surface area contributed by atoms with Gasteiger partial charge in [-0.05, 0) is 63.1 Å². The van der Waals surface area contributed by atoms with Crippen molar-refractivity contribution in [1.29, 1.82) is 0 Å². The van der Waals surface area contributed by atoms with Gasteiger partial charge in [-0.1, -0.05) is 26.7 Å². The molecule has 2 bridgehead atoms. The van der Waals surface area contributed by atoms with Gasteiger partial charge >= 0.3 is 0 Å². The molecule has 44 heavy (non-hydrogen) atoms. The van der Waals surface area contributed by atoms with Crippen molar-refractivity contribution in [2.75, 3.05) is 20.2 Å². The summed E-state index contributed by atoms with van der Waals surface area (Å²) in [5.74, 6) is 0.925. The number of alkyl halides is 1. The number of methoxy groups -OCH3 is 1. The SMILES string of the molecule is COc1cc(C(=O)N[C@H]2CNCC[C@@H]2F)cc2nc(-c3cc4ccc5nc4n3CCCCCC(C)(C)C(=O)N[C@@H]5C)n(C)c12. The number of ether oxygens (including phenoxy) is 1. The maximum Gasteiger partial charge on any atom is 0.251 e.